The summed E-state index contributed by atoms with van der Waals surface area (Å²) < 4.78 is 3.96. The Morgan fingerprint density at radius 1 is 1.67 bits per heavy atom. The fourth-order valence-corrected chi connectivity index (χ4v) is 1.22. The summed E-state index contributed by atoms with van der Waals surface area (Å²) in [5, 5.41) is 0. The lowest BCUT2D eigenvalue weighted by Crippen LogP contribution is -1.82. The fraction of sp³-hybridized carbons (Fsp3) is 0.500. The molecule has 2 N–H and O–H groups in total. The summed E-state index contributed by atoms with van der Waals surface area (Å²) in [6.07, 6.45) is 0. The summed E-state index contributed by atoms with van der Waals surface area (Å²) in [4.78, 5) is 1.26. The SMILES string of the molecule is CC(C)c1cc(N)ns1. The van der Waals surface area contributed by atoms with Gasteiger partial charge in [-0.2, -0.15) is 4.37 Å². The molecule has 0 aliphatic heterocycles. The predicted molar refractivity (Wildman–Crippen MR) is 40.6 cm³/mol. The van der Waals surface area contributed by atoms with Crippen LogP contribution in [0.1, 0.15) is 24.6 Å². The van der Waals surface area contributed by atoms with Crippen molar-refractivity contribution in [3.8, 4) is 0 Å². The van der Waals surface area contributed by atoms with Crippen LogP contribution in [0.3, 0.4) is 0 Å². The standard InChI is InChI=1S/C6H10N2S/c1-4(2)5-3-6(7)8-9-5/h3-4H,1-2H3,(H2,7,8). The van der Waals surface area contributed by atoms with Crippen LogP contribution in [0.5, 0.6) is 0 Å². The molecule has 0 saturated heterocycles. The molecule has 0 aromatic carbocycles. The van der Waals surface area contributed by atoms with Crippen LogP contribution in [-0.2, 0) is 0 Å². The zero-order chi connectivity index (χ0) is 6.85. The quantitative estimate of drug-likeness (QED) is 0.650. The molecule has 0 fully saturated rings. The molecule has 0 atom stereocenters. The topological polar surface area (TPSA) is 38.9 Å². The van der Waals surface area contributed by atoms with Crippen molar-refractivity contribution in [3.05, 3.63) is 10.9 Å². The van der Waals surface area contributed by atoms with Crippen LogP contribution in [0, 0.1) is 0 Å². The summed E-state index contributed by atoms with van der Waals surface area (Å²) in [7, 11) is 0. The molecule has 1 heterocycles. The second-order valence-electron chi connectivity index (χ2n) is 2.31. The highest BCUT2D eigenvalue weighted by Crippen LogP contribution is 2.20. The van der Waals surface area contributed by atoms with Crippen molar-refractivity contribution in [2.75, 3.05) is 5.73 Å². The summed E-state index contributed by atoms with van der Waals surface area (Å²) in [6.45, 7) is 4.26. The molecule has 0 saturated carbocycles. The first-order valence-electron chi connectivity index (χ1n) is 2.92. The molecule has 9 heavy (non-hydrogen) atoms. The average Bonchev–Trinajstić information content (AvgIpc) is 2.14. The smallest absolute Gasteiger partial charge is 0.137 e. The Bertz CT molecular complexity index is 193. The van der Waals surface area contributed by atoms with Gasteiger partial charge in [0.05, 0.1) is 0 Å². The van der Waals surface area contributed by atoms with E-state index in [9.17, 15) is 0 Å². The lowest BCUT2D eigenvalue weighted by molar-refractivity contribution is 0.890. The van der Waals surface area contributed by atoms with E-state index in [0.29, 0.717) is 11.7 Å². The summed E-state index contributed by atoms with van der Waals surface area (Å²) in [6, 6.07) is 1.93. The van der Waals surface area contributed by atoms with Gasteiger partial charge >= 0.3 is 0 Å². The van der Waals surface area contributed by atoms with Gasteiger partial charge in [-0.05, 0) is 23.5 Å². The molecule has 1 aromatic heterocycles. The Hall–Kier alpha value is -0.570. The van der Waals surface area contributed by atoms with E-state index in [2.05, 4.69) is 18.2 Å². The van der Waals surface area contributed by atoms with E-state index in [0.717, 1.165) is 0 Å². The molecule has 3 heteroatoms. The molecule has 0 radical (unpaired) electrons. The van der Waals surface area contributed by atoms with Crippen LogP contribution in [0.4, 0.5) is 5.82 Å². The van der Waals surface area contributed by atoms with Gasteiger partial charge in [0.25, 0.3) is 0 Å². The highest BCUT2D eigenvalue weighted by Gasteiger charge is 2.01. The molecular formula is C6H10N2S. The van der Waals surface area contributed by atoms with Gasteiger partial charge in [-0.1, -0.05) is 13.8 Å². The van der Waals surface area contributed by atoms with Crippen LogP contribution in [0.2, 0.25) is 0 Å². The van der Waals surface area contributed by atoms with Crippen molar-refractivity contribution < 1.29 is 0 Å². The monoisotopic (exact) mass is 142 g/mol. The molecule has 2 nitrogen and oxygen atoms in total. The van der Waals surface area contributed by atoms with Crippen LogP contribution in [0.25, 0.3) is 0 Å². The first kappa shape index (κ1) is 6.55. The molecule has 50 valence electrons. The number of nitrogen functional groups attached to an aromatic ring is 1. The van der Waals surface area contributed by atoms with Crippen molar-refractivity contribution in [3.63, 3.8) is 0 Å². The molecule has 0 aliphatic carbocycles. The van der Waals surface area contributed by atoms with Crippen molar-refractivity contribution in [1.29, 1.82) is 0 Å². The third-order valence-corrected chi connectivity index (χ3v) is 2.22. The Kier molecular flexibility index (Phi) is 1.71. The number of anilines is 1. The van der Waals surface area contributed by atoms with Crippen molar-refractivity contribution in [2.24, 2.45) is 0 Å². The van der Waals surface area contributed by atoms with Gasteiger partial charge in [-0.3, -0.25) is 0 Å². The molecule has 0 aliphatic rings. The molecular weight excluding hydrogens is 132 g/mol. The van der Waals surface area contributed by atoms with E-state index in [-0.39, 0.29) is 0 Å². The van der Waals surface area contributed by atoms with E-state index in [1.165, 1.54) is 16.4 Å². The summed E-state index contributed by atoms with van der Waals surface area (Å²) in [5.74, 6) is 1.20. The number of hydrogen-bond acceptors (Lipinski definition) is 3. The molecule has 0 spiro atoms. The minimum absolute atomic E-state index is 0.555. The van der Waals surface area contributed by atoms with Gasteiger partial charge in [0.1, 0.15) is 5.82 Å². The van der Waals surface area contributed by atoms with Crippen molar-refractivity contribution in [2.45, 2.75) is 19.8 Å². The first-order valence-corrected chi connectivity index (χ1v) is 3.69. The zero-order valence-corrected chi connectivity index (χ0v) is 6.40. The molecule has 0 amide bonds. The second kappa shape index (κ2) is 2.35. The van der Waals surface area contributed by atoms with Crippen LogP contribution in [0.15, 0.2) is 6.07 Å². The summed E-state index contributed by atoms with van der Waals surface area (Å²) >= 11 is 1.48. The van der Waals surface area contributed by atoms with E-state index in [4.69, 9.17) is 5.73 Å². The Balaban J connectivity index is 2.85. The minimum Gasteiger partial charge on any atom is -0.383 e. The van der Waals surface area contributed by atoms with Crippen molar-refractivity contribution >= 4 is 17.4 Å². The molecule has 1 aromatic rings. The normalized spacial score (nSPS) is 10.6. The van der Waals surface area contributed by atoms with Crippen LogP contribution < -0.4 is 5.73 Å². The zero-order valence-electron chi connectivity index (χ0n) is 5.59. The number of nitrogens with two attached hydrogens (primary N) is 1. The van der Waals surface area contributed by atoms with E-state index < -0.39 is 0 Å². The summed E-state index contributed by atoms with van der Waals surface area (Å²) in [5.41, 5.74) is 5.42. The highest BCUT2D eigenvalue weighted by molar-refractivity contribution is 7.06. The van der Waals surface area contributed by atoms with Gasteiger partial charge < -0.3 is 5.73 Å². The van der Waals surface area contributed by atoms with Gasteiger partial charge in [-0.25, -0.2) is 0 Å². The lowest BCUT2D eigenvalue weighted by Gasteiger charge is -1.94. The van der Waals surface area contributed by atoms with Crippen LogP contribution >= 0.6 is 11.5 Å². The van der Waals surface area contributed by atoms with Crippen LogP contribution in [-0.4, -0.2) is 4.37 Å². The predicted octanol–water partition coefficient (Wildman–Crippen LogP) is 1.85. The Labute approximate surface area is 58.9 Å². The van der Waals surface area contributed by atoms with Gasteiger partial charge in [0.15, 0.2) is 0 Å². The highest BCUT2D eigenvalue weighted by atomic mass is 32.1. The number of nitrogens with zero attached hydrogens (tertiary/aromatic N) is 1. The van der Waals surface area contributed by atoms with Gasteiger partial charge in [0.2, 0.25) is 0 Å². The number of hydrogen-bond donors (Lipinski definition) is 1. The maximum atomic E-state index is 5.42. The minimum atomic E-state index is 0.555. The van der Waals surface area contributed by atoms with Gasteiger partial charge in [0, 0.05) is 4.88 Å². The van der Waals surface area contributed by atoms with E-state index >= 15 is 0 Å². The van der Waals surface area contributed by atoms with E-state index in [1.54, 1.807) is 0 Å². The fourth-order valence-electron chi connectivity index (χ4n) is 0.576. The first-order chi connectivity index (χ1) is 4.20. The second-order valence-corrected chi connectivity index (χ2v) is 3.15. The number of rotatable bonds is 1. The maximum absolute atomic E-state index is 5.42. The molecule has 0 bridgehead atoms. The third kappa shape index (κ3) is 1.42. The average molecular weight is 142 g/mol. The Morgan fingerprint density at radius 3 is 2.56 bits per heavy atom. The third-order valence-electron chi connectivity index (χ3n) is 1.12. The molecule has 1 rings (SSSR count). The van der Waals surface area contributed by atoms with Gasteiger partial charge in [-0.15, -0.1) is 0 Å². The maximum Gasteiger partial charge on any atom is 0.137 e. The van der Waals surface area contributed by atoms with E-state index in [1.807, 2.05) is 6.07 Å². The molecule has 0 unspecified atom stereocenters. The lowest BCUT2D eigenvalue weighted by atomic mass is 10.2. The Morgan fingerprint density at radius 2 is 2.33 bits per heavy atom. The largest absolute Gasteiger partial charge is 0.383 e. The number of aromatic nitrogens is 1. The van der Waals surface area contributed by atoms with Crippen molar-refractivity contribution in [1.82, 2.24) is 4.37 Å².